The standard InChI is InChI=1S/C18H23N5O2S/c1-3-8-26-18(19)22-10-13-6-5-7-14(9-13)23-17(24)15-11-21-16(12-20-15)25-4-2/h5-7,9,11-12H,3-4,8,10H2,1-2H3,(H2,19,22)(H,23,24). The number of aromatic nitrogens is 2. The summed E-state index contributed by atoms with van der Waals surface area (Å²) in [6.45, 7) is 4.92. The van der Waals surface area contributed by atoms with E-state index in [1.165, 1.54) is 12.4 Å². The van der Waals surface area contributed by atoms with E-state index in [2.05, 4.69) is 27.2 Å². The summed E-state index contributed by atoms with van der Waals surface area (Å²) < 4.78 is 5.22. The smallest absolute Gasteiger partial charge is 0.275 e. The van der Waals surface area contributed by atoms with Gasteiger partial charge < -0.3 is 15.8 Å². The Bertz CT molecular complexity index is 750. The van der Waals surface area contributed by atoms with Crippen molar-refractivity contribution in [3.05, 3.63) is 47.9 Å². The molecule has 2 rings (SSSR count). The molecule has 0 atom stereocenters. The number of carbonyl (C=O) groups is 1. The number of rotatable bonds is 8. The van der Waals surface area contributed by atoms with E-state index < -0.39 is 0 Å². The van der Waals surface area contributed by atoms with Gasteiger partial charge in [0.15, 0.2) is 5.17 Å². The molecule has 1 amide bonds. The van der Waals surface area contributed by atoms with Crippen LogP contribution in [-0.4, -0.2) is 33.4 Å². The van der Waals surface area contributed by atoms with Gasteiger partial charge in [-0.25, -0.2) is 9.97 Å². The number of carbonyl (C=O) groups excluding carboxylic acids is 1. The SMILES string of the molecule is CCCS/C(N)=N\Cc1cccc(NC(=O)c2cnc(OCC)cn2)c1. The van der Waals surface area contributed by atoms with Crippen LogP contribution in [0.3, 0.4) is 0 Å². The van der Waals surface area contributed by atoms with Gasteiger partial charge in [-0.3, -0.25) is 9.79 Å². The molecule has 0 aliphatic carbocycles. The zero-order valence-electron chi connectivity index (χ0n) is 14.9. The molecule has 0 spiro atoms. The average Bonchev–Trinajstić information content (AvgIpc) is 2.66. The highest BCUT2D eigenvalue weighted by Gasteiger charge is 2.09. The van der Waals surface area contributed by atoms with Crippen molar-refractivity contribution < 1.29 is 9.53 Å². The Kier molecular flexibility index (Phi) is 7.88. The first kappa shape index (κ1) is 19.7. The topological polar surface area (TPSA) is 102 Å². The Morgan fingerprint density at radius 3 is 2.85 bits per heavy atom. The van der Waals surface area contributed by atoms with Gasteiger partial charge in [-0.1, -0.05) is 30.8 Å². The molecule has 0 unspecified atom stereocenters. The number of benzene rings is 1. The van der Waals surface area contributed by atoms with Crippen LogP contribution in [0, 0.1) is 0 Å². The molecular weight excluding hydrogens is 350 g/mol. The average molecular weight is 373 g/mol. The van der Waals surface area contributed by atoms with Crippen LogP contribution in [-0.2, 0) is 6.54 Å². The first-order valence-corrected chi connectivity index (χ1v) is 9.38. The van der Waals surface area contributed by atoms with Crippen molar-refractivity contribution >= 4 is 28.5 Å². The molecule has 7 nitrogen and oxygen atoms in total. The lowest BCUT2D eigenvalue weighted by Crippen LogP contribution is -2.14. The third-order valence-electron chi connectivity index (χ3n) is 3.21. The van der Waals surface area contributed by atoms with Crippen LogP contribution < -0.4 is 15.8 Å². The summed E-state index contributed by atoms with van der Waals surface area (Å²) in [5.41, 5.74) is 7.70. The van der Waals surface area contributed by atoms with Gasteiger partial charge in [0.2, 0.25) is 5.88 Å². The molecule has 0 aliphatic rings. The van der Waals surface area contributed by atoms with Gasteiger partial charge in [-0.2, -0.15) is 0 Å². The largest absolute Gasteiger partial charge is 0.477 e. The van der Waals surface area contributed by atoms with E-state index in [9.17, 15) is 4.79 Å². The summed E-state index contributed by atoms with van der Waals surface area (Å²) in [6, 6.07) is 7.47. The van der Waals surface area contributed by atoms with Crippen LogP contribution in [0.25, 0.3) is 0 Å². The number of amides is 1. The zero-order chi connectivity index (χ0) is 18.8. The highest BCUT2D eigenvalue weighted by atomic mass is 32.2. The van der Waals surface area contributed by atoms with Crippen molar-refractivity contribution in [3.63, 3.8) is 0 Å². The molecule has 0 saturated carbocycles. The van der Waals surface area contributed by atoms with Crippen LogP contribution >= 0.6 is 11.8 Å². The third-order valence-corrected chi connectivity index (χ3v) is 4.25. The van der Waals surface area contributed by atoms with E-state index in [0.717, 1.165) is 17.7 Å². The van der Waals surface area contributed by atoms with Gasteiger partial charge >= 0.3 is 0 Å². The van der Waals surface area contributed by atoms with Crippen LogP contribution in [0.5, 0.6) is 5.88 Å². The first-order chi connectivity index (χ1) is 12.6. The second kappa shape index (κ2) is 10.4. The second-order valence-electron chi connectivity index (χ2n) is 5.33. The van der Waals surface area contributed by atoms with Crippen LogP contribution in [0.4, 0.5) is 5.69 Å². The first-order valence-electron chi connectivity index (χ1n) is 8.40. The van der Waals surface area contributed by atoms with E-state index in [-0.39, 0.29) is 11.6 Å². The number of ether oxygens (including phenoxy) is 1. The lowest BCUT2D eigenvalue weighted by atomic mass is 10.2. The van der Waals surface area contributed by atoms with Gasteiger partial charge in [-0.15, -0.1) is 0 Å². The van der Waals surface area contributed by atoms with Crippen molar-refractivity contribution in [1.29, 1.82) is 0 Å². The van der Waals surface area contributed by atoms with Crippen molar-refractivity contribution in [3.8, 4) is 5.88 Å². The molecule has 2 aromatic rings. The summed E-state index contributed by atoms with van der Waals surface area (Å²) in [5, 5.41) is 3.38. The predicted octanol–water partition coefficient (Wildman–Crippen LogP) is 3.09. The number of nitrogens with one attached hydrogen (secondary N) is 1. The molecule has 1 aromatic carbocycles. The minimum absolute atomic E-state index is 0.220. The van der Waals surface area contributed by atoms with Gasteiger partial charge in [0.25, 0.3) is 5.91 Å². The fourth-order valence-electron chi connectivity index (χ4n) is 2.02. The predicted molar refractivity (Wildman–Crippen MR) is 106 cm³/mol. The maximum Gasteiger partial charge on any atom is 0.275 e. The maximum atomic E-state index is 12.3. The van der Waals surface area contributed by atoms with E-state index in [1.54, 1.807) is 11.8 Å². The monoisotopic (exact) mass is 373 g/mol. The molecule has 1 aromatic heterocycles. The van der Waals surface area contributed by atoms with Crippen molar-refractivity contribution in [2.75, 3.05) is 17.7 Å². The molecule has 0 saturated heterocycles. The number of hydrogen-bond donors (Lipinski definition) is 2. The fourth-order valence-corrected chi connectivity index (χ4v) is 2.59. The number of nitrogens with zero attached hydrogens (tertiary/aromatic N) is 3. The fraction of sp³-hybridized carbons (Fsp3) is 0.333. The van der Waals surface area contributed by atoms with E-state index in [1.807, 2.05) is 31.2 Å². The highest BCUT2D eigenvalue weighted by Crippen LogP contribution is 2.14. The van der Waals surface area contributed by atoms with E-state index in [4.69, 9.17) is 10.5 Å². The quantitative estimate of drug-likeness (QED) is 0.544. The number of anilines is 1. The van der Waals surface area contributed by atoms with Crippen LogP contribution in [0.1, 0.15) is 36.3 Å². The lowest BCUT2D eigenvalue weighted by molar-refractivity contribution is 0.102. The summed E-state index contributed by atoms with van der Waals surface area (Å²) in [6.07, 6.45) is 3.87. The Labute approximate surface area is 157 Å². The van der Waals surface area contributed by atoms with Gasteiger partial charge in [0.1, 0.15) is 5.69 Å². The van der Waals surface area contributed by atoms with Gasteiger partial charge in [0, 0.05) is 11.4 Å². The lowest BCUT2D eigenvalue weighted by Gasteiger charge is -2.07. The maximum absolute atomic E-state index is 12.3. The Balaban J connectivity index is 1.97. The molecule has 26 heavy (non-hydrogen) atoms. The van der Waals surface area contributed by atoms with Gasteiger partial charge in [0.05, 0.1) is 25.5 Å². The van der Waals surface area contributed by atoms with Crippen LogP contribution in [0.15, 0.2) is 41.7 Å². The summed E-state index contributed by atoms with van der Waals surface area (Å²) in [5.74, 6) is 1.01. The zero-order valence-corrected chi connectivity index (χ0v) is 15.8. The minimum Gasteiger partial charge on any atom is -0.477 e. The third kappa shape index (κ3) is 6.36. The number of amidine groups is 1. The van der Waals surface area contributed by atoms with Crippen molar-refractivity contribution in [2.45, 2.75) is 26.8 Å². The number of hydrogen-bond acceptors (Lipinski definition) is 6. The molecule has 0 radical (unpaired) electrons. The Morgan fingerprint density at radius 2 is 2.15 bits per heavy atom. The van der Waals surface area contributed by atoms with Gasteiger partial charge in [-0.05, 0) is 31.0 Å². The summed E-state index contributed by atoms with van der Waals surface area (Å²) in [7, 11) is 0. The molecular formula is C18H23N5O2S. The number of nitrogens with two attached hydrogens (primary N) is 1. The molecule has 8 heteroatoms. The molecule has 0 bridgehead atoms. The molecule has 1 heterocycles. The Morgan fingerprint density at radius 1 is 1.31 bits per heavy atom. The minimum atomic E-state index is -0.334. The molecule has 0 aliphatic heterocycles. The number of thioether (sulfide) groups is 1. The number of aliphatic imine (C=N–C) groups is 1. The van der Waals surface area contributed by atoms with Crippen molar-refractivity contribution in [1.82, 2.24) is 9.97 Å². The van der Waals surface area contributed by atoms with E-state index >= 15 is 0 Å². The normalized spacial score (nSPS) is 11.2. The molecule has 138 valence electrons. The molecule has 0 fully saturated rings. The van der Waals surface area contributed by atoms with Crippen molar-refractivity contribution in [2.24, 2.45) is 10.7 Å². The van der Waals surface area contributed by atoms with E-state index in [0.29, 0.717) is 29.9 Å². The second-order valence-corrected chi connectivity index (χ2v) is 6.45. The van der Waals surface area contributed by atoms with Crippen LogP contribution in [0.2, 0.25) is 0 Å². The summed E-state index contributed by atoms with van der Waals surface area (Å²) in [4.78, 5) is 24.7. The highest BCUT2D eigenvalue weighted by molar-refractivity contribution is 8.13. The molecule has 3 N–H and O–H groups in total. The summed E-state index contributed by atoms with van der Waals surface area (Å²) >= 11 is 1.54. The Hall–Kier alpha value is -2.61.